The molecule has 0 radical (unpaired) electrons. The van der Waals surface area contributed by atoms with E-state index in [1.165, 1.54) is 25.7 Å². The van der Waals surface area contributed by atoms with E-state index >= 15 is 0 Å². The molecular formula is C22H24FN5OS. The number of anilines is 2. The molecule has 0 amide bonds. The fourth-order valence-corrected chi connectivity index (χ4v) is 3.95. The molecule has 0 aliphatic carbocycles. The third kappa shape index (κ3) is 4.81. The van der Waals surface area contributed by atoms with Gasteiger partial charge < -0.3 is 9.73 Å². The number of nitrogens with one attached hydrogen (secondary N) is 1. The zero-order chi connectivity index (χ0) is 20.9. The number of unbranched alkanes of at least 4 members (excludes halogenated alkanes) is 4. The van der Waals surface area contributed by atoms with Crippen molar-refractivity contribution < 1.29 is 8.81 Å². The van der Waals surface area contributed by atoms with Crippen LogP contribution in [0.1, 0.15) is 50.7 Å². The molecule has 0 saturated carbocycles. The molecule has 0 aliphatic heterocycles. The van der Waals surface area contributed by atoms with Crippen LogP contribution in [0.4, 0.5) is 15.2 Å². The zero-order valence-electron chi connectivity index (χ0n) is 17.1. The molecule has 156 valence electrons. The maximum absolute atomic E-state index is 14.4. The molecule has 4 rings (SSSR count). The molecule has 0 atom stereocenters. The summed E-state index contributed by atoms with van der Waals surface area (Å²) in [7, 11) is 0. The molecule has 0 fully saturated rings. The monoisotopic (exact) mass is 425 g/mol. The van der Waals surface area contributed by atoms with Gasteiger partial charge in [-0.2, -0.15) is 4.39 Å². The van der Waals surface area contributed by atoms with Gasteiger partial charge in [0.25, 0.3) is 0 Å². The maximum Gasteiger partial charge on any atom is 0.206 e. The number of hydrogen-bond acceptors (Lipinski definition) is 7. The van der Waals surface area contributed by atoms with Crippen molar-refractivity contribution in [2.45, 2.75) is 52.4 Å². The van der Waals surface area contributed by atoms with Crippen molar-refractivity contribution in [3.05, 3.63) is 47.4 Å². The molecule has 6 nitrogen and oxygen atoms in total. The van der Waals surface area contributed by atoms with E-state index in [1.54, 1.807) is 19.3 Å². The van der Waals surface area contributed by atoms with Gasteiger partial charge in [-0.25, -0.2) is 19.9 Å². The number of benzene rings is 1. The first-order valence-corrected chi connectivity index (χ1v) is 11.1. The average Bonchev–Trinajstić information content (AvgIpc) is 3.31. The van der Waals surface area contributed by atoms with E-state index in [4.69, 9.17) is 4.42 Å². The molecule has 0 bridgehead atoms. The van der Waals surface area contributed by atoms with E-state index in [-0.39, 0.29) is 10.8 Å². The maximum atomic E-state index is 14.4. The van der Waals surface area contributed by atoms with Gasteiger partial charge in [0.15, 0.2) is 16.6 Å². The molecule has 0 aliphatic rings. The highest BCUT2D eigenvalue weighted by molar-refractivity contribution is 7.14. The van der Waals surface area contributed by atoms with Crippen molar-refractivity contribution in [1.29, 1.82) is 0 Å². The highest BCUT2D eigenvalue weighted by atomic mass is 32.1. The van der Waals surface area contributed by atoms with Gasteiger partial charge in [0.05, 0.1) is 0 Å². The topological polar surface area (TPSA) is 76.7 Å². The van der Waals surface area contributed by atoms with Gasteiger partial charge in [-0.05, 0) is 31.5 Å². The Labute approximate surface area is 178 Å². The summed E-state index contributed by atoms with van der Waals surface area (Å²) in [4.78, 5) is 17.2. The molecule has 1 N–H and O–H groups in total. The standard InChI is InChI=1S/C22H24FN5OS/c1-3-4-5-6-7-8-19-27-17-11-16(9-10-18(17)29-19)26-22-28-20(21(23)30-22)15-12-24-14(2)25-13-15/h9-13H,3-8H2,1-2H3,(H,26,28). The number of oxazole rings is 1. The summed E-state index contributed by atoms with van der Waals surface area (Å²) in [6, 6.07) is 5.66. The Balaban J connectivity index is 1.45. The quantitative estimate of drug-likeness (QED) is 0.311. The minimum Gasteiger partial charge on any atom is -0.441 e. The number of rotatable bonds is 9. The number of nitrogens with zero attached hydrogens (tertiary/aromatic N) is 4. The van der Waals surface area contributed by atoms with Gasteiger partial charge in [-0.15, -0.1) is 0 Å². The number of halogens is 1. The smallest absolute Gasteiger partial charge is 0.206 e. The Hall–Kier alpha value is -2.87. The highest BCUT2D eigenvalue weighted by Crippen LogP contribution is 2.31. The largest absolute Gasteiger partial charge is 0.441 e. The fourth-order valence-electron chi connectivity index (χ4n) is 3.21. The highest BCUT2D eigenvalue weighted by Gasteiger charge is 2.14. The third-order valence-electron chi connectivity index (χ3n) is 4.82. The third-order valence-corrected chi connectivity index (χ3v) is 5.58. The second-order valence-electron chi connectivity index (χ2n) is 7.24. The second-order valence-corrected chi connectivity index (χ2v) is 8.19. The summed E-state index contributed by atoms with van der Waals surface area (Å²) in [5, 5.41) is 3.24. The lowest BCUT2D eigenvalue weighted by atomic mass is 10.1. The van der Waals surface area contributed by atoms with Crippen LogP contribution >= 0.6 is 11.3 Å². The van der Waals surface area contributed by atoms with Gasteiger partial charge in [0, 0.05) is 30.1 Å². The number of aryl methyl sites for hydroxylation is 2. The summed E-state index contributed by atoms with van der Waals surface area (Å²) in [6.07, 6.45) is 10.1. The van der Waals surface area contributed by atoms with E-state index < -0.39 is 0 Å². The van der Waals surface area contributed by atoms with E-state index in [0.717, 1.165) is 46.9 Å². The Morgan fingerprint density at radius 3 is 2.67 bits per heavy atom. The van der Waals surface area contributed by atoms with Crippen molar-refractivity contribution in [3.8, 4) is 11.3 Å². The molecule has 1 aromatic carbocycles. The summed E-state index contributed by atoms with van der Waals surface area (Å²) < 4.78 is 20.2. The lowest BCUT2D eigenvalue weighted by molar-refractivity contribution is 0.507. The average molecular weight is 426 g/mol. The molecule has 30 heavy (non-hydrogen) atoms. The molecule has 3 aromatic heterocycles. The van der Waals surface area contributed by atoms with Gasteiger partial charge in [-0.1, -0.05) is 43.9 Å². The normalized spacial score (nSPS) is 11.3. The number of aromatic nitrogens is 4. The van der Waals surface area contributed by atoms with Gasteiger partial charge in [0.1, 0.15) is 17.0 Å². The van der Waals surface area contributed by atoms with Crippen LogP contribution in [0.25, 0.3) is 22.4 Å². The van der Waals surface area contributed by atoms with Crippen LogP contribution in [-0.2, 0) is 6.42 Å². The van der Waals surface area contributed by atoms with Crippen molar-refractivity contribution in [2.75, 3.05) is 5.32 Å². The number of hydrogen-bond donors (Lipinski definition) is 1. The molecule has 3 heterocycles. The SMILES string of the molecule is CCCCCCCc1nc2cc(Nc3nc(-c4cnc(C)nc4)c(F)s3)ccc2o1. The Morgan fingerprint density at radius 2 is 1.87 bits per heavy atom. The van der Waals surface area contributed by atoms with Crippen LogP contribution in [0.15, 0.2) is 35.0 Å². The Bertz CT molecular complexity index is 1120. The molecule has 0 saturated heterocycles. The van der Waals surface area contributed by atoms with E-state index in [2.05, 4.69) is 32.2 Å². The summed E-state index contributed by atoms with van der Waals surface area (Å²) >= 11 is 0.948. The minimum atomic E-state index is -0.377. The van der Waals surface area contributed by atoms with Gasteiger partial charge >= 0.3 is 0 Å². The first-order chi connectivity index (χ1) is 14.6. The van der Waals surface area contributed by atoms with Crippen molar-refractivity contribution >= 4 is 33.3 Å². The van der Waals surface area contributed by atoms with Crippen LogP contribution in [-0.4, -0.2) is 19.9 Å². The van der Waals surface area contributed by atoms with Gasteiger partial charge in [-0.3, -0.25) is 0 Å². The molecular weight excluding hydrogens is 401 g/mol. The predicted octanol–water partition coefficient (Wildman–Crippen LogP) is 6.45. The molecule has 8 heteroatoms. The Kier molecular flexibility index (Phi) is 6.32. The van der Waals surface area contributed by atoms with E-state index in [1.807, 2.05) is 18.2 Å². The van der Waals surface area contributed by atoms with Crippen molar-refractivity contribution in [2.24, 2.45) is 0 Å². The van der Waals surface area contributed by atoms with Crippen molar-refractivity contribution in [1.82, 2.24) is 19.9 Å². The number of thiazole rings is 1. The molecule has 4 aromatic rings. The molecule has 0 unspecified atom stereocenters. The summed E-state index contributed by atoms with van der Waals surface area (Å²) in [6.45, 7) is 4.00. The summed E-state index contributed by atoms with van der Waals surface area (Å²) in [5.41, 5.74) is 3.12. The second kappa shape index (κ2) is 9.30. The van der Waals surface area contributed by atoms with Crippen LogP contribution in [0.2, 0.25) is 0 Å². The lowest BCUT2D eigenvalue weighted by Gasteiger charge is -2.01. The first-order valence-electron chi connectivity index (χ1n) is 10.2. The molecule has 0 spiro atoms. The van der Waals surface area contributed by atoms with Gasteiger partial charge in [0.2, 0.25) is 5.13 Å². The predicted molar refractivity (Wildman–Crippen MR) is 118 cm³/mol. The summed E-state index contributed by atoms with van der Waals surface area (Å²) in [5.74, 6) is 1.40. The zero-order valence-corrected chi connectivity index (χ0v) is 17.9. The van der Waals surface area contributed by atoms with Crippen LogP contribution < -0.4 is 5.32 Å². The Morgan fingerprint density at radius 1 is 1.07 bits per heavy atom. The van der Waals surface area contributed by atoms with E-state index in [0.29, 0.717) is 16.5 Å². The lowest BCUT2D eigenvalue weighted by Crippen LogP contribution is -1.91. The van der Waals surface area contributed by atoms with Crippen LogP contribution in [0.5, 0.6) is 0 Å². The number of fused-ring (bicyclic) bond motifs is 1. The fraction of sp³-hybridized carbons (Fsp3) is 0.364. The minimum absolute atomic E-state index is 0.246. The van der Waals surface area contributed by atoms with E-state index in [9.17, 15) is 4.39 Å². The van der Waals surface area contributed by atoms with Crippen LogP contribution in [0, 0.1) is 12.1 Å². The van der Waals surface area contributed by atoms with Crippen molar-refractivity contribution in [3.63, 3.8) is 0 Å². The van der Waals surface area contributed by atoms with Crippen LogP contribution in [0.3, 0.4) is 0 Å². The first kappa shape index (κ1) is 20.4.